The van der Waals surface area contributed by atoms with Gasteiger partial charge in [0.25, 0.3) is 0 Å². The summed E-state index contributed by atoms with van der Waals surface area (Å²) in [7, 11) is 0. The third-order valence-corrected chi connectivity index (χ3v) is 5.01. The lowest BCUT2D eigenvalue weighted by Gasteiger charge is -2.20. The molecule has 2 aromatic rings. The molecule has 9 nitrogen and oxygen atoms in total. The summed E-state index contributed by atoms with van der Waals surface area (Å²) >= 11 is 6.03. The van der Waals surface area contributed by atoms with E-state index < -0.39 is 42.8 Å². The number of hydrogen-bond donors (Lipinski definition) is 3. The van der Waals surface area contributed by atoms with Gasteiger partial charge in [-0.25, -0.2) is 9.59 Å². The van der Waals surface area contributed by atoms with E-state index in [2.05, 4.69) is 5.32 Å². The van der Waals surface area contributed by atoms with Gasteiger partial charge in [-0.15, -0.1) is 0 Å². The van der Waals surface area contributed by atoms with Crippen LogP contribution in [-0.2, 0) is 35.1 Å². The Labute approximate surface area is 201 Å². The summed E-state index contributed by atoms with van der Waals surface area (Å²) in [5, 5.41) is 22.0. The number of aliphatic hydroxyl groups is 1. The maximum atomic E-state index is 12.0. The van der Waals surface area contributed by atoms with Crippen LogP contribution in [0.1, 0.15) is 31.7 Å². The van der Waals surface area contributed by atoms with Crippen LogP contribution in [0.3, 0.4) is 0 Å². The second-order valence-corrected chi connectivity index (χ2v) is 7.92. The minimum Gasteiger partial charge on any atom is -0.474 e. The minimum absolute atomic E-state index is 0.144. The van der Waals surface area contributed by atoms with E-state index >= 15 is 0 Å². The fraction of sp³-hybridized carbons (Fsp3) is 0.333. The summed E-state index contributed by atoms with van der Waals surface area (Å²) in [6, 6.07) is 13.7. The zero-order valence-electron chi connectivity index (χ0n) is 18.5. The fourth-order valence-electron chi connectivity index (χ4n) is 3.12. The molecule has 0 fully saturated rings. The molecule has 0 radical (unpaired) electrons. The average molecular weight is 492 g/mol. The highest BCUT2D eigenvalue weighted by Crippen LogP contribution is 2.23. The highest BCUT2D eigenvalue weighted by atomic mass is 35.5. The number of ether oxygens (including phenoxy) is 2. The van der Waals surface area contributed by atoms with Crippen LogP contribution in [0, 0.1) is 0 Å². The minimum atomic E-state index is -1.69. The van der Waals surface area contributed by atoms with Gasteiger partial charge < -0.3 is 25.0 Å². The van der Waals surface area contributed by atoms with Crippen molar-refractivity contribution in [2.75, 3.05) is 6.79 Å². The van der Waals surface area contributed by atoms with E-state index in [1.54, 1.807) is 25.1 Å². The molecule has 0 aliphatic carbocycles. The van der Waals surface area contributed by atoms with Crippen LogP contribution in [0.15, 0.2) is 48.5 Å². The first-order valence-corrected chi connectivity index (χ1v) is 11.0. The summed E-state index contributed by atoms with van der Waals surface area (Å²) in [5.41, 5.74) is 2.54. The van der Waals surface area contributed by atoms with E-state index in [0.29, 0.717) is 11.4 Å². The molecule has 3 N–H and O–H groups in total. The van der Waals surface area contributed by atoms with Crippen LogP contribution >= 0.6 is 11.6 Å². The second kappa shape index (κ2) is 13.3. The largest absolute Gasteiger partial charge is 0.474 e. The maximum absolute atomic E-state index is 12.0. The van der Waals surface area contributed by atoms with Crippen LogP contribution in [0.2, 0.25) is 5.02 Å². The van der Waals surface area contributed by atoms with Crippen molar-refractivity contribution in [3.05, 3.63) is 59.1 Å². The number of amides is 1. The number of carboxylic acids is 1. The van der Waals surface area contributed by atoms with Crippen LogP contribution in [0.4, 0.5) is 0 Å². The summed E-state index contributed by atoms with van der Waals surface area (Å²) in [6.45, 7) is 1.14. The summed E-state index contributed by atoms with van der Waals surface area (Å²) in [5.74, 6) is -4.57. The normalized spacial score (nSPS) is 12.3. The smallest absolute Gasteiger partial charge is 0.394 e. The lowest BCUT2D eigenvalue weighted by atomic mass is 9.98. The topological polar surface area (TPSA) is 139 Å². The van der Waals surface area contributed by atoms with Gasteiger partial charge in [-0.1, -0.05) is 54.9 Å². The van der Waals surface area contributed by atoms with E-state index in [-0.39, 0.29) is 19.3 Å². The molecule has 0 bridgehead atoms. The van der Waals surface area contributed by atoms with E-state index in [1.165, 1.54) is 0 Å². The number of carboxylic acid groups (broad SMARTS) is 1. The molecule has 0 aromatic heterocycles. The Morgan fingerprint density at radius 2 is 1.74 bits per heavy atom. The molecule has 0 aliphatic heterocycles. The van der Waals surface area contributed by atoms with Gasteiger partial charge in [0.1, 0.15) is 0 Å². The number of aliphatic hydroxyl groups excluding tert-OH is 1. The quantitative estimate of drug-likeness (QED) is 0.248. The van der Waals surface area contributed by atoms with Gasteiger partial charge in [0, 0.05) is 23.9 Å². The first-order chi connectivity index (χ1) is 16.2. The molecule has 2 rings (SSSR count). The van der Waals surface area contributed by atoms with Crippen molar-refractivity contribution in [1.29, 1.82) is 0 Å². The standard InChI is InChI=1S/C24H26ClNO8/c1-2-4-21(28)33-14-34-24(32)20(27)13-19(26-22(29)23(30)31)11-15-7-9-16(10-8-15)17-5-3-6-18(25)12-17/h3,5-10,12,19-20,27H,2,4,11,13-14H2,1H3,(H,26,29)(H,30,31)/t19-,20?/m1/s1. The van der Waals surface area contributed by atoms with Crippen LogP contribution in [0.5, 0.6) is 0 Å². The van der Waals surface area contributed by atoms with Crippen molar-refractivity contribution < 1.29 is 38.9 Å². The Morgan fingerprint density at radius 3 is 2.35 bits per heavy atom. The maximum Gasteiger partial charge on any atom is 0.394 e. The Bertz CT molecular complexity index is 1010. The third-order valence-electron chi connectivity index (χ3n) is 4.78. The second-order valence-electron chi connectivity index (χ2n) is 7.49. The average Bonchev–Trinajstić information content (AvgIpc) is 2.79. The molecule has 0 saturated heterocycles. The van der Waals surface area contributed by atoms with E-state index in [4.69, 9.17) is 26.2 Å². The lowest BCUT2D eigenvalue weighted by molar-refractivity contribution is -0.173. The van der Waals surface area contributed by atoms with Gasteiger partial charge in [-0.2, -0.15) is 0 Å². The predicted molar refractivity (Wildman–Crippen MR) is 123 cm³/mol. The molecule has 0 saturated carbocycles. The van der Waals surface area contributed by atoms with Gasteiger partial charge in [-0.3, -0.25) is 9.59 Å². The summed E-state index contributed by atoms with van der Waals surface area (Å²) in [6.07, 6.45) is -1.10. The molecule has 10 heteroatoms. The molecular formula is C24H26ClNO8. The predicted octanol–water partition coefficient (Wildman–Crippen LogP) is 2.71. The molecule has 0 spiro atoms. The van der Waals surface area contributed by atoms with Gasteiger partial charge >= 0.3 is 23.8 Å². The van der Waals surface area contributed by atoms with Gasteiger partial charge in [0.05, 0.1) is 0 Å². The zero-order chi connectivity index (χ0) is 25.1. The highest BCUT2D eigenvalue weighted by Gasteiger charge is 2.25. The number of benzene rings is 2. The fourth-order valence-corrected chi connectivity index (χ4v) is 3.31. The number of aliphatic carboxylic acids is 1. The number of carbonyl (C=O) groups excluding carboxylic acids is 3. The van der Waals surface area contributed by atoms with Gasteiger partial charge in [0.2, 0.25) is 6.79 Å². The zero-order valence-corrected chi connectivity index (χ0v) is 19.3. The van der Waals surface area contributed by atoms with E-state index in [1.807, 2.05) is 30.3 Å². The molecule has 0 heterocycles. The van der Waals surface area contributed by atoms with Crippen LogP contribution in [-0.4, -0.2) is 53.0 Å². The van der Waals surface area contributed by atoms with Crippen LogP contribution in [0.25, 0.3) is 11.1 Å². The molecule has 2 aromatic carbocycles. The number of esters is 2. The van der Waals surface area contributed by atoms with E-state index in [9.17, 15) is 24.3 Å². The number of hydrogen-bond acceptors (Lipinski definition) is 7. The molecular weight excluding hydrogens is 466 g/mol. The molecule has 1 unspecified atom stereocenters. The Balaban J connectivity index is 2.02. The lowest BCUT2D eigenvalue weighted by Crippen LogP contribution is -2.43. The first kappa shape index (κ1) is 26.8. The summed E-state index contributed by atoms with van der Waals surface area (Å²) < 4.78 is 9.43. The van der Waals surface area contributed by atoms with Crippen molar-refractivity contribution in [3.63, 3.8) is 0 Å². The van der Waals surface area contributed by atoms with Crippen molar-refractivity contribution in [2.45, 2.75) is 44.8 Å². The third kappa shape index (κ3) is 8.84. The molecule has 2 atom stereocenters. The van der Waals surface area contributed by atoms with Crippen LogP contribution < -0.4 is 5.32 Å². The molecule has 182 valence electrons. The molecule has 34 heavy (non-hydrogen) atoms. The summed E-state index contributed by atoms with van der Waals surface area (Å²) in [4.78, 5) is 46.0. The van der Waals surface area contributed by atoms with Crippen molar-refractivity contribution in [2.24, 2.45) is 0 Å². The molecule has 1 amide bonds. The Hall–Kier alpha value is -3.43. The monoisotopic (exact) mass is 491 g/mol. The Kier molecular flexibility index (Phi) is 10.5. The number of rotatable bonds is 11. The van der Waals surface area contributed by atoms with E-state index in [0.717, 1.165) is 16.7 Å². The molecule has 0 aliphatic rings. The van der Waals surface area contributed by atoms with Crippen molar-refractivity contribution >= 4 is 35.4 Å². The number of halogens is 1. The first-order valence-electron chi connectivity index (χ1n) is 10.6. The van der Waals surface area contributed by atoms with Crippen molar-refractivity contribution in [1.82, 2.24) is 5.32 Å². The SMILES string of the molecule is CCCC(=O)OCOC(=O)C(O)C[C@@H](Cc1ccc(-c2cccc(Cl)c2)cc1)NC(=O)C(=O)O. The number of carbonyl (C=O) groups is 4. The van der Waals surface area contributed by atoms with Gasteiger partial charge in [0.15, 0.2) is 6.10 Å². The van der Waals surface area contributed by atoms with Crippen molar-refractivity contribution in [3.8, 4) is 11.1 Å². The number of nitrogens with one attached hydrogen (secondary N) is 1. The van der Waals surface area contributed by atoms with Gasteiger partial charge in [-0.05, 0) is 41.7 Å². The highest BCUT2D eigenvalue weighted by molar-refractivity contribution is 6.31. The Morgan fingerprint density at radius 1 is 1.03 bits per heavy atom.